The van der Waals surface area contributed by atoms with E-state index in [1.54, 1.807) is 0 Å². The van der Waals surface area contributed by atoms with Crippen molar-refractivity contribution in [3.8, 4) is 0 Å². The highest BCUT2D eigenvalue weighted by Gasteiger charge is 2.06. The highest BCUT2D eigenvalue weighted by atomic mass is 16.5. The molecule has 0 rings (SSSR count). The molecule has 0 aromatic carbocycles. The number of carbonyl (C=O) groups excluding carboxylic acids is 1. The van der Waals surface area contributed by atoms with E-state index >= 15 is 0 Å². The Morgan fingerprint density at radius 3 is 2.36 bits per heavy atom. The third-order valence-corrected chi connectivity index (χ3v) is 4.62. The van der Waals surface area contributed by atoms with Gasteiger partial charge in [0.2, 0.25) is 0 Å². The Labute approximate surface area is 156 Å². The number of rotatable bonds is 17. The first-order chi connectivity index (χ1) is 12.1. The fourth-order valence-electron chi connectivity index (χ4n) is 2.72. The van der Waals surface area contributed by atoms with Gasteiger partial charge in [0.15, 0.2) is 0 Å². The molecular formula is C22H42O3. The van der Waals surface area contributed by atoms with Crippen molar-refractivity contribution in [2.75, 3.05) is 0 Å². The normalized spacial score (nSPS) is 13.9. The number of allylic oxidation sites excluding steroid dienone is 1. The van der Waals surface area contributed by atoms with Gasteiger partial charge in [-0.25, -0.2) is 0 Å². The molecule has 0 amide bonds. The molecule has 0 aliphatic carbocycles. The van der Waals surface area contributed by atoms with Crippen molar-refractivity contribution >= 4 is 5.97 Å². The van der Waals surface area contributed by atoms with Crippen molar-refractivity contribution in [2.45, 2.75) is 123 Å². The molecule has 0 saturated heterocycles. The SMILES string of the molecule is CCCCCC[C@@H](O)C/C=C\CCCCCCCC(=O)OC(C)CC. The van der Waals surface area contributed by atoms with E-state index in [4.69, 9.17) is 4.74 Å². The average molecular weight is 355 g/mol. The van der Waals surface area contributed by atoms with Gasteiger partial charge in [0.25, 0.3) is 0 Å². The average Bonchev–Trinajstić information content (AvgIpc) is 2.60. The molecule has 25 heavy (non-hydrogen) atoms. The Morgan fingerprint density at radius 1 is 0.960 bits per heavy atom. The zero-order valence-corrected chi connectivity index (χ0v) is 17.0. The summed E-state index contributed by atoms with van der Waals surface area (Å²) in [5.74, 6) is -0.0504. The first-order valence-corrected chi connectivity index (χ1v) is 10.6. The molecule has 0 aromatic heterocycles. The lowest BCUT2D eigenvalue weighted by Crippen LogP contribution is -2.13. The Kier molecular flexibility index (Phi) is 17.4. The highest BCUT2D eigenvalue weighted by molar-refractivity contribution is 5.69. The molecule has 0 spiro atoms. The molecular weight excluding hydrogens is 312 g/mol. The molecule has 3 nitrogen and oxygen atoms in total. The fourth-order valence-corrected chi connectivity index (χ4v) is 2.72. The summed E-state index contributed by atoms with van der Waals surface area (Å²) >= 11 is 0. The van der Waals surface area contributed by atoms with E-state index in [-0.39, 0.29) is 18.2 Å². The van der Waals surface area contributed by atoms with Gasteiger partial charge in [-0.05, 0) is 45.4 Å². The van der Waals surface area contributed by atoms with Crippen LogP contribution in [0.3, 0.4) is 0 Å². The minimum atomic E-state index is -0.164. The molecule has 0 aromatic rings. The molecule has 148 valence electrons. The van der Waals surface area contributed by atoms with Crippen LogP contribution in [0.5, 0.6) is 0 Å². The molecule has 0 fully saturated rings. The van der Waals surface area contributed by atoms with Gasteiger partial charge in [0, 0.05) is 6.42 Å². The van der Waals surface area contributed by atoms with Gasteiger partial charge in [-0.1, -0.05) is 70.9 Å². The summed E-state index contributed by atoms with van der Waals surface area (Å²) in [5, 5.41) is 9.87. The van der Waals surface area contributed by atoms with E-state index in [9.17, 15) is 9.90 Å². The van der Waals surface area contributed by atoms with Crippen molar-refractivity contribution in [1.82, 2.24) is 0 Å². The Morgan fingerprint density at radius 2 is 1.64 bits per heavy atom. The molecule has 1 N–H and O–H groups in total. The molecule has 2 atom stereocenters. The van der Waals surface area contributed by atoms with Crippen molar-refractivity contribution < 1.29 is 14.6 Å². The molecule has 0 heterocycles. The van der Waals surface area contributed by atoms with Gasteiger partial charge in [-0.15, -0.1) is 0 Å². The van der Waals surface area contributed by atoms with Crippen molar-refractivity contribution in [3.05, 3.63) is 12.2 Å². The van der Waals surface area contributed by atoms with Crippen molar-refractivity contribution in [3.63, 3.8) is 0 Å². The lowest BCUT2D eigenvalue weighted by Gasteiger charge is -2.10. The number of esters is 1. The maximum Gasteiger partial charge on any atom is 0.306 e. The number of aliphatic hydroxyl groups excluding tert-OH is 1. The topological polar surface area (TPSA) is 46.5 Å². The second-order valence-corrected chi connectivity index (χ2v) is 7.23. The van der Waals surface area contributed by atoms with Crippen LogP contribution in [-0.2, 0) is 9.53 Å². The largest absolute Gasteiger partial charge is 0.463 e. The summed E-state index contributed by atoms with van der Waals surface area (Å²) < 4.78 is 5.26. The quantitative estimate of drug-likeness (QED) is 0.188. The Hall–Kier alpha value is -0.830. The minimum absolute atomic E-state index is 0.0501. The number of hydrogen-bond donors (Lipinski definition) is 1. The number of hydrogen-bond acceptors (Lipinski definition) is 3. The summed E-state index contributed by atoms with van der Waals surface area (Å²) in [6.07, 6.45) is 19.1. The maximum absolute atomic E-state index is 11.5. The smallest absolute Gasteiger partial charge is 0.306 e. The highest BCUT2D eigenvalue weighted by Crippen LogP contribution is 2.11. The fraction of sp³-hybridized carbons (Fsp3) is 0.864. The molecule has 0 radical (unpaired) electrons. The molecule has 0 aliphatic heterocycles. The van der Waals surface area contributed by atoms with E-state index in [0.717, 1.165) is 44.9 Å². The lowest BCUT2D eigenvalue weighted by molar-refractivity contribution is -0.148. The van der Waals surface area contributed by atoms with Crippen LogP contribution in [0.4, 0.5) is 0 Å². The van der Waals surface area contributed by atoms with Crippen molar-refractivity contribution in [1.29, 1.82) is 0 Å². The van der Waals surface area contributed by atoms with Crippen LogP contribution >= 0.6 is 0 Å². The van der Waals surface area contributed by atoms with Gasteiger partial charge < -0.3 is 9.84 Å². The first kappa shape index (κ1) is 24.2. The minimum Gasteiger partial charge on any atom is -0.463 e. The summed E-state index contributed by atoms with van der Waals surface area (Å²) in [4.78, 5) is 11.5. The van der Waals surface area contributed by atoms with Gasteiger partial charge in [0.05, 0.1) is 12.2 Å². The Bertz CT molecular complexity index is 325. The van der Waals surface area contributed by atoms with E-state index in [2.05, 4.69) is 19.1 Å². The predicted octanol–water partition coefficient (Wildman–Crippen LogP) is 6.34. The second-order valence-electron chi connectivity index (χ2n) is 7.23. The van der Waals surface area contributed by atoms with E-state index in [1.807, 2.05) is 13.8 Å². The maximum atomic E-state index is 11.5. The second kappa shape index (κ2) is 18.0. The van der Waals surface area contributed by atoms with Crippen LogP contribution in [0.15, 0.2) is 12.2 Å². The van der Waals surface area contributed by atoms with Crippen LogP contribution in [-0.4, -0.2) is 23.3 Å². The predicted molar refractivity (Wildman–Crippen MR) is 107 cm³/mol. The molecule has 3 heteroatoms. The third-order valence-electron chi connectivity index (χ3n) is 4.62. The van der Waals surface area contributed by atoms with Crippen LogP contribution in [0.1, 0.15) is 111 Å². The molecule has 0 bridgehead atoms. The zero-order valence-electron chi connectivity index (χ0n) is 17.0. The summed E-state index contributed by atoms with van der Waals surface area (Å²) in [5.41, 5.74) is 0. The van der Waals surface area contributed by atoms with Gasteiger partial charge >= 0.3 is 5.97 Å². The lowest BCUT2D eigenvalue weighted by atomic mass is 10.1. The van der Waals surface area contributed by atoms with Gasteiger partial charge in [-0.2, -0.15) is 0 Å². The molecule has 0 aliphatic rings. The van der Waals surface area contributed by atoms with Crippen molar-refractivity contribution in [2.24, 2.45) is 0 Å². The van der Waals surface area contributed by atoms with E-state index < -0.39 is 0 Å². The van der Waals surface area contributed by atoms with Crippen LogP contribution < -0.4 is 0 Å². The zero-order chi connectivity index (χ0) is 18.8. The summed E-state index contributed by atoms with van der Waals surface area (Å²) in [6, 6.07) is 0. The van der Waals surface area contributed by atoms with Gasteiger partial charge in [0.1, 0.15) is 0 Å². The standard InChI is InChI=1S/C22H42O3/c1-4-6-7-14-17-21(23)18-15-12-10-8-9-11-13-16-19-22(24)25-20(3)5-2/h12,15,20-21,23H,4-11,13-14,16-19H2,1-3H3/b15-12-/t20?,21-/m1/s1. The number of carbonyl (C=O) groups is 1. The number of ether oxygens (including phenoxy) is 1. The first-order valence-electron chi connectivity index (χ1n) is 10.6. The third kappa shape index (κ3) is 17.8. The van der Waals surface area contributed by atoms with Crippen LogP contribution in [0.2, 0.25) is 0 Å². The number of aliphatic hydroxyl groups is 1. The summed E-state index contributed by atoms with van der Waals surface area (Å²) in [6.45, 7) is 6.18. The summed E-state index contributed by atoms with van der Waals surface area (Å²) in [7, 11) is 0. The van der Waals surface area contributed by atoms with Crippen LogP contribution in [0.25, 0.3) is 0 Å². The molecule has 0 saturated carbocycles. The Balaban J connectivity index is 3.36. The van der Waals surface area contributed by atoms with Crippen LogP contribution in [0, 0.1) is 0 Å². The van der Waals surface area contributed by atoms with Gasteiger partial charge in [-0.3, -0.25) is 4.79 Å². The van der Waals surface area contributed by atoms with E-state index in [1.165, 1.54) is 38.5 Å². The van der Waals surface area contributed by atoms with E-state index in [0.29, 0.717) is 6.42 Å². The monoisotopic (exact) mass is 354 g/mol. The molecule has 1 unspecified atom stereocenters. The number of unbranched alkanes of at least 4 members (excludes halogenated alkanes) is 8.